The second-order valence-corrected chi connectivity index (χ2v) is 3.85. The maximum Gasteiger partial charge on any atom is 0.262 e. The number of hydrogen-bond donors (Lipinski definition) is 1. The Bertz CT molecular complexity index is 536. The van der Waals surface area contributed by atoms with Crippen LogP contribution in [-0.2, 0) is 0 Å². The molecule has 76 valence electrons. The van der Waals surface area contributed by atoms with E-state index in [-0.39, 0.29) is 5.56 Å². The lowest BCUT2D eigenvalue weighted by molar-refractivity contribution is 1.15. The van der Waals surface area contributed by atoms with Crippen LogP contribution in [0.3, 0.4) is 0 Å². The highest BCUT2D eigenvalue weighted by Crippen LogP contribution is 2.22. The smallest absolute Gasteiger partial charge is 0.262 e. The highest BCUT2D eigenvalue weighted by atomic mass is 79.9. The second kappa shape index (κ2) is 3.94. The number of aromatic nitrogens is 3. The lowest BCUT2D eigenvalue weighted by Crippen LogP contribution is -2.08. The van der Waals surface area contributed by atoms with Crippen molar-refractivity contribution in [2.45, 2.75) is 6.92 Å². The Morgan fingerprint density at radius 1 is 1.40 bits per heavy atom. The van der Waals surface area contributed by atoms with E-state index in [0.29, 0.717) is 4.47 Å². The molecule has 2 rings (SSSR count). The third kappa shape index (κ3) is 1.83. The van der Waals surface area contributed by atoms with Crippen molar-refractivity contribution in [1.29, 1.82) is 0 Å². The van der Waals surface area contributed by atoms with E-state index in [1.54, 1.807) is 24.8 Å². The first kappa shape index (κ1) is 10.0. The van der Waals surface area contributed by atoms with Crippen LogP contribution in [0.5, 0.6) is 0 Å². The lowest BCUT2D eigenvalue weighted by atomic mass is 10.1. The van der Waals surface area contributed by atoms with Crippen molar-refractivity contribution in [3.63, 3.8) is 0 Å². The minimum atomic E-state index is -0.139. The van der Waals surface area contributed by atoms with Crippen molar-refractivity contribution < 1.29 is 0 Å². The van der Waals surface area contributed by atoms with Crippen LogP contribution in [0.15, 0.2) is 34.1 Å². The molecule has 2 aromatic rings. The number of H-pyrrole nitrogens is 1. The van der Waals surface area contributed by atoms with Crippen LogP contribution in [0.1, 0.15) is 5.56 Å². The molecule has 2 heterocycles. The van der Waals surface area contributed by atoms with Crippen molar-refractivity contribution in [2.75, 3.05) is 0 Å². The van der Waals surface area contributed by atoms with Gasteiger partial charge in [0.25, 0.3) is 5.56 Å². The van der Waals surface area contributed by atoms with E-state index in [4.69, 9.17) is 0 Å². The summed E-state index contributed by atoms with van der Waals surface area (Å²) in [7, 11) is 0. The molecule has 0 fully saturated rings. The molecule has 2 aromatic heterocycles. The zero-order chi connectivity index (χ0) is 10.8. The maximum atomic E-state index is 11.3. The van der Waals surface area contributed by atoms with Gasteiger partial charge in [-0.15, -0.1) is 0 Å². The Morgan fingerprint density at radius 2 is 2.20 bits per heavy atom. The summed E-state index contributed by atoms with van der Waals surface area (Å²) in [6, 6.07) is 0. The molecule has 1 N–H and O–H groups in total. The van der Waals surface area contributed by atoms with Gasteiger partial charge in [0.05, 0.1) is 16.4 Å². The standard InChI is InChI=1S/C10H8BrN3O/c1-6-7(4-14-10(15)9(6)11)8-5-12-2-3-13-8/h2-5H,1H3,(H,14,15). The predicted octanol–water partition coefficient (Wildman–Crippen LogP) is 1.90. The van der Waals surface area contributed by atoms with Crippen molar-refractivity contribution in [3.05, 3.63) is 45.2 Å². The average molecular weight is 266 g/mol. The van der Waals surface area contributed by atoms with Gasteiger partial charge in [0.2, 0.25) is 0 Å². The summed E-state index contributed by atoms with van der Waals surface area (Å²) >= 11 is 3.24. The van der Waals surface area contributed by atoms with Crippen molar-refractivity contribution in [2.24, 2.45) is 0 Å². The van der Waals surface area contributed by atoms with Crippen LogP contribution < -0.4 is 5.56 Å². The SMILES string of the molecule is Cc1c(-c2cnccn2)c[nH]c(=O)c1Br. The van der Waals surface area contributed by atoms with Gasteiger partial charge >= 0.3 is 0 Å². The number of pyridine rings is 1. The van der Waals surface area contributed by atoms with Gasteiger partial charge in [-0.3, -0.25) is 14.8 Å². The van der Waals surface area contributed by atoms with Crippen LogP contribution in [0.2, 0.25) is 0 Å². The van der Waals surface area contributed by atoms with Crippen molar-refractivity contribution >= 4 is 15.9 Å². The molecule has 4 nitrogen and oxygen atoms in total. The molecule has 0 radical (unpaired) electrons. The summed E-state index contributed by atoms with van der Waals surface area (Å²) in [6.45, 7) is 1.86. The van der Waals surface area contributed by atoms with Crippen LogP contribution >= 0.6 is 15.9 Å². The highest BCUT2D eigenvalue weighted by Gasteiger charge is 2.08. The minimum absolute atomic E-state index is 0.139. The van der Waals surface area contributed by atoms with E-state index < -0.39 is 0 Å². The number of nitrogens with one attached hydrogen (secondary N) is 1. The van der Waals surface area contributed by atoms with Gasteiger partial charge in [-0.05, 0) is 28.4 Å². The Labute approximate surface area is 94.5 Å². The van der Waals surface area contributed by atoms with E-state index >= 15 is 0 Å². The molecule has 0 saturated heterocycles. The fourth-order valence-electron chi connectivity index (χ4n) is 1.30. The van der Waals surface area contributed by atoms with Gasteiger partial charge in [-0.25, -0.2) is 0 Å². The van der Waals surface area contributed by atoms with E-state index in [2.05, 4.69) is 30.9 Å². The first-order valence-corrected chi connectivity index (χ1v) is 5.13. The predicted molar refractivity (Wildman–Crippen MR) is 60.5 cm³/mol. The fourth-order valence-corrected chi connectivity index (χ4v) is 1.63. The van der Waals surface area contributed by atoms with Gasteiger partial charge in [0, 0.05) is 24.2 Å². The normalized spacial score (nSPS) is 10.3. The molecule has 0 unspecified atom stereocenters. The molecule has 15 heavy (non-hydrogen) atoms. The summed E-state index contributed by atoms with van der Waals surface area (Å²) in [5.41, 5.74) is 2.33. The Morgan fingerprint density at radius 3 is 2.87 bits per heavy atom. The molecule has 0 aliphatic carbocycles. The first-order valence-electron chi connectivity index (χ1n) is 4.34. The maximum absolute atomic E-state index is 11.3. The van der Waals surface area contributed by atoms with Gasteiger partial charge in [0.15, 0.2) is 0 Å². The Balaban J connectivity index is 2.65. The summed E-state index contributed by atoms with van der Waals surface area (Å²) < 4.78 is 0.533. The summed E-state index contributed by atoms with van der Waals surface area (Å²) in [5, 5.41) is 0. The largest absolute Gasteiger partial charge is 0.327 e. The number of rotatable bonds is 1. The zero-order valence-corrected chi connectivity index (χ0v) is 9.58. The molecular formula is C10H8BrN3O. The monoisotopic (exact) mass is 265 g/mol. The van der Waals surface area contributed by atoms with Crippen molar-refractivity contribution in [3.8, 4) is 11.3 Å². The molecule has 0 atom stereocenters. The van der Waals surface area contributed by atoms with Crippen LogP contribution in [0.4, 0.5) is 0 Å². The first-order chi connectivity index (χ1) is 7.20. The minimum Gasteiger partial charge on any atom is -0.327 e. The molecule has 0 bridgehead atoms. The third-order valence-corrected chi connectivity index (χ3v) is 3.07. The molecular weight excluding hydrogens is 258 g/mol. The number of aromatic amines is 1. The molecule has 0 amide bonds. The van der Waals surface area contributed by atoms with E-state index in [0.717, 1.165) is 16.8 Å². The fraction of sp³-hybridized carbons (Fsp3) is 0.100. The average Bonchev–Trinajstić information content (AvgIpc) is 2.27. The quantitative estimate of drug-likeness (QED) is 0.857. The van der Waals surface area contributed by atoms with E-state index in [9.17, 15) is 4.79 Å². The summed E-state index contributed by atoms with van der Waals surface area (Å²) in [4.78, 5) is 22.1. The van der Waals surface area contributed by atoms with Gasteiger partial charge in [-0.2, -0.15) is 0 Å². The van der Waals surface area contributed by atoms with Crippen LogP contribution in [0.25, 0.3) is 11.3 Å². The molecule has 0 aromatic carbocycles. The van der Waals surface area contributed by atoms with Gasteiger partial charge in [0.1, 0.15) is 0 Å². The third-order valence-electron chi connectivity index (χ3n) is 2.12. The second-order valence-electron chi connectivity index (χ2n) is 3.06. The van der Waals surface area contributed by atoms with E-state index in [1.165, 1.54) is 0 Å². The van der Waals surface area contributed by atoms with E-state index in [1.807, 2.05) is 6.92 Å². The topological polar surface area (TPSA) is 58.6 Å². The number of nitrogens with zero attached hydrogens (tertiary/aromatic N) is 2. The molecule has 0 aliphatic heterocycles. The molecule has 0 aliphatic rings. The molecule has 0 spiro atoms. The van der Waals surface area contributed by atoms with Crippen LogP contribution in [-0.4, -0.2) is 15.0 Å². The summed E-state index contributed by atoms with van der Waals surface area (Å²) in [5.74, 6) is 0. The molecule has 0 saturated carbocycles. The Hall–Kier alpha value is -1.49. The van der Waals surface area contributed by atoms with Crippen LogP contribution in [0, 0.1) is 6.92 Å². The van der Waals surface area contributed by atoms with Gasteiger partial charge in [-0.1, -0.05) is 0 Å². The van der Waals surface area contributed by atoms with Gasteiger partial charge < -0.3 is 4.98 Å². The zero-order valence-electron chi connectivity index (χ0n) is 7.99. The lowest BCUT2D eigenvalue weighted by Gasteiger charge is -2.04. The number of halogens is 1. The number of hydrogen-bond acceptors (Lipinski definition) is 3. The summed E-state index contributed by atoms with van der Waals surface area (Å²) in [6.07, 6.45) is 6.53. The highest BCUT2D eigenvalue weighted by molar-refractivity contribution is 9.10. The molecule has 5 heteroatoms. The Kier molecular flexibility index (Phi) is 2.64. The van der Waals surface area contributed by atoms with Crippen molar-refractivity contribution in [1.82, 2.24) is 15.0 Å².